The predicted octanol–water partition coefficient (Wildman–Crippen LogP) is 4.87. The molecule has 1 aromatic carbocycles. The summed E-state index contributed by atoms with van der Waals surface area (Å²) in [6.45, 7) is 4.21. The van der Waals surface area contributed by atoms with Crippen LogP contribution in [0.25, 0.3) is 10.2 Å². The van der Waals surface area contributed by atoms with Crippen LogP contribution < -0.4 is 14.8 Å². The number of fused-ring (bicyclic) bond motifs is 3. The molecule has 1 unspecified atom stereocenters. The third-order valence-electron chi connectivity index (χ3n) is 5.25. The van der Waals surface area contributed by atoms with Crippen molar-refractivity contribution < 1.29 is 14.3 Å². The maximum Gasteiger partial charge on any atom is 0.234 e. The van der Waals surface area contributed by atoms with Gasteiger partial charge in [0.2, 0.25) is 5.91 Å². The number of nitrogens with one attached hydrogen (secondary N) is 1. The van der Waals surface area contributed by atoms with Gasteiger partial charge in [-0.25, -0.2) is 9.97 Å². The van der Waals surface area contributed by atoms with E-state index in [-0.39, 0.29) is 11.7 Å². The van der Waals surface area contributed by atoms with E-state index in [1.165, 1.54) is 28.6 Å². The number of carbonyl (C=O) groups excluding carboxylic acids is 1. The van der Waals surface area contributed by atoms with Crippen molar-refractivity contribution in [2.24, 2.45) is 5.92 Å². The van der Waals surface area contributed by atoms with Gasteiger partial charge in [-0.3, -0.25) is 4.79 Å². The summed E-state index contributed by atoms with van der Waals surface area (Å²) in [5, 5.41) is 4.97. The highest BCUT2D eigenvalue weighted by Gasteiger charge is 2.24. The Morgan fingerprint density at radius 1 is 1.30 bits per heavy atom. The lowest BCUT2D eigenvalue weighted by atomic mass is 9.89. The highest BCUT2D eigenvalue weighted by Crippen LogP contribution is 2.41. The number of hydrogen-bond acceptors (Lipinski definition) is 7. The van der Waals surface area contributed by atoms with Crippen molar-refractivity contribution in [1.82, 2.24) is 9.97 Å². The van der Waals surface area contributed by atoms with E-state index in [0.717, 1.165) is 33.9 Å². The molecule has 1 N–H and O–H groups in total. The second-order valence-electron chi connectivity index (χ2n) is 7.51. The summed E-state index contributed by atoms with van der Waals surface area (Å²) in [6, 6.07) is 5.33. The van der Waals surface area contributed by atoms with Gasteiger partial charge in [0, 0.05) is 16.3 Å². The van der Waals surface area contributed by atoms with Gasteiger partial charge >= 0.3 is 0 Å². The number of thioether (sulfide) groups is 1. The van der Waals surface area contributed by atoms with Crippen LogP contribution in [0.5, 0.6) is 11.5 Å². The van der Waals surface area contributed by atoms with Crippen LogP contribution >= 0.6 is 23.1 Å². The third-order valence-corrected chi connectivity index (χ3v) is 7.38. The molecule has 4 rings (SSSR count). The summed E-state index contributed by atoms with van der Waals surface area (Å²) < 4.78 is 10.6. The minimum Gasteiger partial charge on any atom is -0.497 e. The summed E-state index contributed by atoms with van der Waals surface area (Å²) in [6.07, 6.45) is 3.35. The molecule has 2 heterocycles. The van der Waals surface area contributed by atoms with E-state index in [0.29, 0.717) is 23.1 Å². The van der Waals surface area contributed by atoms with Gasteiger partial charge in [-0.1, -0.05) is 18.7 Å². The van der Waals surface area contributed by atoms with Crippen LogP contribution in [0, 0.1) is 12.8 Å². The van der Waals surface area contributed by atoms with Gasteiger partial charge in [0.05, 0.1) is 25.7 Å². The molecule has 0 radical (unpaired) electrons. The number of thiophene rings is 1. The number of carbonyl (C=O) groups is 1. The Morgan fingerprint density at radius 2 is 2.13 bits per heavy atom. The minimum atomic E-state index is -0.117. The number of aromatic nitrogens is 2. The molecule has 8 heteroatoms. The fourth-order valence-electron chi connectivity index (χ4n) is 3.75. The van der Waals surface area contributed by atoms with Gasteiger partial charge in [-0.15, -0.1) is 11.3 Å². The zero-order valence-electron chi connectivity index (χ0n) is 17.6. The summed E-state index contributed by atoms with van der Waals surface area (Å²) in [4.78, 5) is 24.5. The van der Waals surface area contributed by atoms with E-state index >= 15 is 0 Å². The van der Waals surface area contributed by atoms with Crippen LogP contribution in [0.4, 0.5) is 5.69 Å². The quantitative estimate of drug-likeness (QED) is 0.433. The lowest BCUT2D eigenvalue weighted by molar-refractivity contribution is -0.113. The maximum absolute atomic E-state index is 12.7. The fourth-order valence-corrected chi connectivity index (χ4v) is 6.14. The zero-order valence-corrected chi connectivity index (χ0v) is 19.2. The molecule has 0 saturated heterocycles. The molecule has 0 bridgehead atoms. The first kappa shape index (κ1) is 20.9. The average Bonchev–Trinajstić information content (AvgIpc) is 3.08. The number of methoxy groups -OCH3 is 2. The van der Waals surface area contributed by atoms with E-state index in [4.69, 9.17) is 9.47 Å². The Kier molecular flexibility index (Phi) is 6.15. The van der Waals surface area contributed by atoms with Crippen LogP contribution in [-0.2, 0) is 17.6 Å². The molecular formula is C22H25N3O3S2. The van der Waals surface area contributed by atoms with Crippen molar-refractivity contribution in [2.75, 3.05) is 25.3 Å². The van der Waals surface area contributed by atoms with Crippen molar-refractivity contribution in [2.45, 2.75) is 38.1 Å². The molecule has 6 nitrogen and oxygen atoms in total. The van der Waals surface area contributed by atoms with E-state index in [1.807, 2.05) is 6.92 Å². The summed E-state index contributed by atoms with van der Waals surface area (Å²) in [7, 11) is 3.17. The number of amides is 1. The van der Waals surface area contributed by atoms with Crippen molar-refractivity contribution in [3.63, 3.8) is 0 Å². The first-order valence-electron chi connectivity index (χ1n) is 9.92. The highest BCUT2D eigenvalue weighted by molar-refractivity contribution is 8.00. The molecule has 0 fully saturated rings. The average molecular weight is 444 g/mol. The Bertz CT molecular complexity index is 1100. The van der Waals surface area contributed by atoms with E-state index in [9.17, 15) is 4.79 Å². The Balaban J connectivity index is 1.55. The van der Waals surface area contributed by atoms with E-state index in [2.05, 4.69) is 22.2 Å². The predicted molar refractivity (Wildman–Crippen MR) is 122 cm³/mol. The van der Waals surface area contributed by atoms with Crippen LogP contribution in [-0.4, -0.2) is 35.8 Å². The van der Waals surface area contributed by atoms with Crippen molar-refractivity contribution >= 4 is 44.9 Å². The first-order valence-corrected chi connectivity index (χ1v) is 11.7. The second-order valence-corrected chi connectivity index (χ2v) is 9.56. The van der Waals surface area contributed by atoms with Crippen LogP contribution in [0.3, 0.4) is 0 Å². The molecule has 30 heavy (non-hydrogen) atoms. The number of anilines is 1. The number of nitrogens with zero attached hydrogens (tertiary/aromatic N) is 2. The van der Waals surface area contributed by atoms with Gasteiger partial charge in [-0.2, -0.15) is 0 Å². The molecule has 0 aliphatic heterocycles. The number of aryl methyl sites for hydroxylation is 2. The zero-order chi connectivity index (χ0) is 21.3. The Hall–Kier alpha value is -2.32. The number of ether oxygens (including phenoxy) is 2. The molecular weight excluding hydrogens is 418 g/mol. The van der Waals surface area contributed by atoms with E-state index in [1.54, 1.807) is 43.8 Å². The standard InChI is InChI=1S/C22H25N3O3S2/c1-12-5-7-15-18(9-12)30-22-20(15)21(23-13(2)24-22)29-11-19(26)25-16-10-14(27-3)6-8-17(16)28-4/h6,8,10,12H,5,7,9,11H2,1-4H3,(H,25,26). The Morgan fingerprint density at radius 3 is 2.90 bits per heavy atom. The molecule has 1 aliphatic carbocycles. The topological polar surface area (TPSA) is 73.3 Å². The number of rotatable bonds is 6. The third kappa shape index (κ3) is 4.25. The lowest BCUT2D eigenvalue weighted by Crippen LogP contribution is -2.15. The van der Waals surface area contributed by atoms with Gasteiger partial charge in [0.15, 0.2) is 0 Å². The van der Waals surface area contributed by atoms with Crippen molar-refractivity contribution in [3.8, 4) is 11.5 Å². The van der Waals surface area contributed by atoms with Crippen LogP contribution in [0.2, 0.25) is 0 Å². The second kappa shape index (κ2) is 8.81. The SMILES string of the molecule is COc1ccc(OC)c(NC(=O)CSc2nc(C)nc3sc4c(c23)CCC(C)C4)c1. The minimum absolute atomic E-state index is 0.117. The van der Waals surface area contributed by atoms with Crippen LogP contribution in [0.1, 0.15) is 29.6 Å². The fraction of sp³-hybridized carbons (Fsp3) is 0.409. The lowest BCUT2D eigenvalue weighted by Gasteiger charge is -2.18. The van der Waals surface area contributed by atoms with Crippen molar-refractivity contribution in [1.29, 1.82) is 0 Å². The van der Waals surface area contributed by atoms with Crippen LogP contribution in [0.15, 0.2) is 23.2 Å². The summed E-state index contributed by atoms with van der Waals surface area (Å²) in [5.74, 6) is 2.84. The largest absolute Gasteiger partial charge is 0.497 e. The molecule has 3 aromatic rings. The summed E-state index contributed by atoms with van der Waals surface area (Å²) in [5.41, 5.74) is 1.97. The molecule has 1 aliphatic rings. The van der Waals surface area contributed by atoms with E-state index < -0.39 is 0 Å². The molecule has 2 aromatic heterocycles. The van der Waals surface area contributed by atoms with Gasteiger partial charge in [0.25, 0.3) is 0 Å². The molecule has 0 saturated carbocycles. The van der Waals surface area contributed by atoms with Gasteiger partial charge in [0.1, 0.15) is 27.2 Å². The highest BCUT2D eigenvalue weighted by atomic mass is 32.2. The normalized spacial score (nSPS) is 15.7. The van der Waals surface area contributed by atoms with Gasteiger partial charge in [-0.05, 0) is 49.8 Å². The summed E-state index contributed by atoms with van der Waals surface area (Å²) >= 11 is 3.25. The maximum atomic E-state index is 12.7. The molecule has 158 valence electrons. The first-order chi connectivity index (χ1) is 14.5. The molecule has 1 atom stereocenters. The molecule has 0 spiro atoms. The Labute approximate surface area is 184 Å². The van der Waals surface area contributed by atoms with Crippen molar-refractivity contribution in [3.05, 3.63) is 34.5 Å². The number of benzene rings is 1. The van der Waals surface area contributed by atoms with Gasteiger partial charge < -0.3 is 14.8 Å². The number of hydrogen-bond donors (Lipinski definition) is 1. The smallest absolute Gasteiger partial charge is 0.234 e. The molecule has 1 amide bonds. The monoisotopic (exact) mass is 443 g/mol.